The predicted octanol–water partition coefficient (Wildman–Crippen LogP) is 5.03. The highest BCUT2D eigenvalue weighted by Gasteiger charge is 2.30. The van der Waals surface area contributed by atoms with Gasteiger partial charge in [-0.25, -0.2) is 4.39 Å². The van der Waals surface area contributed by atoms with Crippen molar-refractivity contribution in [3.63, 3.8) is 0 Å². The minimum absolute atomic E-state index is 0.0578. The number of piperidine rings is 1. The number of hydrogen-bond donors (Lipinski definition) is 1. The lowest BCUT2D eigenvalue weighted by Gasteiger charge is -2.33. The smallest absolute Gasteiger partial charge is 0.258 e. The zero-order valence-electron chi connectivity index (χ0n) is 17.5. The van der Waals surface area contributed by atoms with Crippen LogP contribution in [0.4, 0.5) is 4.39 Å². The summed E-state index contributed by atoms with van der Waals surface area (Å²) in [6.45, 7) is 0.853. The van der Waals surface area contributed by atoms with Gasteiger partial charge in [-0.15, -0.1) is 0 Å². The van der Waals surface area contributed by atoms with E-state index in [-0.39, 0.29) is 22.5 Å². The molecule has 4 nitrogen and oxygen atoms in total. The fourth-order valence-electron chi connectivity index (χ4n) is 4.16. The molecule has 6 heteroatoms. The van der Waals surface area contributed by atoms with Gasteiger partial charge in [0.25, 0.3) is 5.91 Å². The van der Waals surface area contributed by atoms with Crippen molar-refractivity contribution in [3.8, 4) is 0 Å². The van der Waals surface area contributed by atoms with Crippen molar-refractivity contribution < 1.29 is 14.0 Å². The first-order valence-corrected chi connectivity index (χ1v) is 11.1. The fourth-order valence-corrected chi connectivity index (χ4v) is 4.40. The number of nitrogens with one attached hydrogen (secondary N) is 1. The SMILES string of the molecule is O=C(NC1CCN(C(=O)c2c(F)cccc2Cl)CC1)C(c1ccccc1)c1ccccc1. The molecule has 0 bridgehead atoms. The van der Waals surface area contributed by atoms with E-state index in [4.69, 9.17) is 11.6 Å². The number of carbonyl (C=O) groups is 2. The molecule has 32 heavy (non-hydrogen) atoms. The van der Waals surface area contributed by atoms with Gasteiger partial charge in [0.2, 0.25) is 5.91 Å². The Morgan fingerprint density at radius 3 is 1.97 bits per heavy atom. The number of likely N-dealkylation sites (tertiary alicyclic amines) is 1. The van der Waals surface area contributed by atoms with Gasteiger partial charge in [0.1, 0.15) is 5.82 Å². The van der Waals surface area contributed by atoms with E-state index in [1.54, 1.807) is 4.90 Å². The van der Waals surface area contributed by atoms with Gasteiger partial charge in [-0.2, -0.15) is 0 Å². The second-order valence-corrected chi connectivity index (χ2v) is 8.33. The van der Waals surface area contributed by atoms with E-state index in [2.05, 4.69) is 5.32 Å². The fraction of sp³-hybridized carbons (Fsp3) is 0.231. The summed E-state index contributed by atoms with van der Waals surface area (Å²) >= 11 is 6.05. The Morgan fingerprint density at radius 2 is 1.44 bits per heavy atom. The third-order valence-corrected chi connectivity index (χ3v) is 6.15. The normalized spacial score (nSPS) is 14.4. The maximum Gasteiger partial charge on any atom is 0.258 e. The summed E-state index contributed by atoms with van der Waals surface area (Å²) in [4.78, 5) is 27.6. The molecule has 164 valence electrons. The van der Waals surface area contributed by atoms with Gasteiger partial charge in [-0.1, -0.05) is 78.3 Å². The Labute approximate surface area is 192 Å². The first-order valence-electron chi connectivity index (χ1n) is 10.7. The molecule has 0 radical (unpaired) electrons. The quantitative estimate of drug-likeness (QED) is 0.592. The summed E-state index contributed by atoms with van der Waals surface area (Å²) < 4.78 is 14.1. The summed E-state index contributed by atoms with van der Waals surface area (Å²) in [6, 6.07) is 23.6. The van der Waals surface area contributed by atoms with Crippen LogP contribution in [-0.2, 0) is 4.79 Å². The van der Waals surface area contributed by atoms with Crippen LogP contribution in [0.25, 0.3) is 0 Å². The molecule has 1 heterocycles. The third-order valence-electron chi connectivity index (χ3n) is 5.83. The summed E-state index contributed by atoms with van der Waals surface area (Å²) in [5.74, 6) is -1.51. The Bertz CT molecular complexity index is 1020. The summed E-state index contributed by atoms with van der Waals surface area (Å²) in [6.07, 6.45) is 1.19. The van der Waals surface area contributed by atoms with Crippen molar-refractivity contribution in [2.45, 2.75) is 24.8 Å². The van der Waals surface area contributed by atoms with Crippen LogP contribution in [0.3, 0.4) is 0 Å². The molecule has 0 aromatic heterocycles. The van der Waals surface area contributed by atoms with Gasteiger partial charge < -0.3 is 10.2 Å². The van der Waals surface area contributed by atoms with Crippen molar-refractivity contribution in [2.24, 2.45) is 0 Å². The van der Waals surface area contributed by atoms with Crippen LogP contribution in [0.1, 0.15) is 40.2 Å². The largest absolute Gasteiger partial charge is 0.352 e. The molecule has 1 N–H and O–H groups in total. The molecule has 0 saturated carbocycles. The van der Waals surface area contributed by atoms with Gasteiger partial charge in [0.15, 0.2) is 0 Å². The second kappa shape index (κ2) is 9.96. The van der Waals surface area contributed by atoms with Crippen molar-refractivity contribution in [2.75, 3.05) is 13.1 Å². The molecule has 2 amide bonds. The molecular formula is C26H24ClFN2O2. The van der Waals surface area contributed by atoms with Gasteiger partial charge in [0, 0.05) is 19.1 Å². The number of carbonyl (C=O) groups excluding carboxylic acids is 2. The van der Waals surface area contributed by atoms with Crippen molar-refractivity contribution in [3.05, 3.63) is 106 Å². The molecular weight excluding hydrogens is 427 g/mol. The molecule has 0 aliphatic carbocycles. The van der Waals surface area contributed by atoms with E-state index < -0.39 is 17.6 Å². The number of nitrogens with zero attached hydrogens (tertiary/aromatic N) is 1. The zero-order valence-corrected chi connectivity index (χ0v) is 18.3. The van der Waals surface area contributed by atoms with Crippen molar-refractivity contribution in [1.82, 2.24) is 10.2 Å². The Hall–Kier alpha value is -3.18. The zero-order chi connectivity index (χ0) is 22.5. The molecule has 3 aromatic rings. The minimum atomic E-state index is -0.619. The highest BCUT2D eigenvalue weighted by Crippen LogP contribution is 2.26. The van der Waals surface area contributed by atoms with Crippen molar-refractivity contribution >= 4 is 23.4 Å². The van der Waals surface area contributed by atoms with E-state index in [9.17, 15) is 14.0 Å². The molecule has 4 rings (SSSR count). The van der Waals surface area contributed by atoms with Gasteiger partial charge in [-0.05, 0) is 36.1 Å². The Morgan fingerprint density at radius 1 is 0.875 bits per heavy atom. The second-order valence-electron chi connectivity index (χ2n) is 7.93. The van der Waals surface area contributed by atoms with Gasteiger partial charge >= 0.3 is 0 Å². The number of rotatable bonds is 5. The first kappa shape index (κ1) is 22.0. The molecule has 0 unspecified atom stereocenters. The highest BCUT2D eigenvalue weighted by molar-refractivity contribution is 6.33. The summed E-state index contributed by atoms with van der Waals surface area (Å²) in [7, 11) is 0. The average molecular weight is 451 g/mol. The topological polar surface area (TPSA) is 49.4 Å². The molecule has 3 aromatic carbocycles. The molecule has 1 fully saturated rings. The Balaban J connectivity index is 1.43. The van der Waals surface area contributed by atoms with Crippen LogP contribution in [0.15, 0.2) is 78.9 Å². The number of amides is 2. The minimum Gasteiger partial charge on any atom is -0.352 e. The van der Waals surface area contributed by atoms with Crippen LogP contribution in [0.2, 0.25) is 5.02 Å². The third kappa shape index (κ3) is 4.83. The first-order chi connectivity index (χ1) is 15.5. The lowest BCUT2D eigenvalue weighted by Crippen LogP contribution is -2.47. The number of hydrogen-bond acceptors (Lipinski definition) is 2. The molecule has 1 aliphatic heterocycles. The van der Waals surface area contributed by atoms with Crippen molar-refractivity contribution in [1.29, 1.82) is 0 Å². The van der Waals surface area contributed by atoms with E-state index in [1.807, 2.05) is 60.7 Å². The number of halogens is 2. The molecule has 1 aliphatic rings. The van der Waals surface area contributed by atoms with Gasteiger partial charge in [-0.3, -0.25) is 9.59 Å². The monoisotopic (exact) mass is 450 g/mol. The van der Waals surface area contributed by atoms with E-state index in [0.717, 1.165) is 11.1 Å². The standard InChI is InChI=1S/C26H24ClFN2O2/c27-21-12-7-13-22(28)24(21)26(32)30-16-14-20(15-17-30)29-25(31)23(18-8-3-1-4-9-18)19-10-5-2-6-11-19/h1-13,20,23H,14-17H2,(H,29,31). The van der Waals surface area contributed by atoms with Crippen LogP contribution >= 0.6 is 11.6 Å². The van der Waals surface area contributed by atoms with Crippen LogP contribution in [0, 0.1) is 5.82 Å². The maximum atomic E-state index is 14.1. The summed E-state index contributed by atoms with van der Waals surface area (Å²) in [5, 5.41) is 3.27. The lowest BCUT2D eigenvalue weighted by molar-refractivity contribution is -0.122. The van der Waals surface area contributed by atoms with Crippen LogP contribution in [-0.4, -0.2) is 35.8 Å². The van der Waals surface area contributed by atoms with Crippen LogP contribution < -0.4 is 5.32 Å². The average Bonchev–Trinajstić information content (AvgIpc) is 2.81. The summed E-state index contributed by atoms with van der Waals surface area (Å²) in [5.41, 5.74) is 1.76. The molecule has 0 atom stereocenters. The Kier molecular flexibility index (Phi) is 6.86. The molecule has 0 spiro atoms. The van der Waals surface area contributed by atoms with E-state index in [0.29, 0.717) is 25.9 Å². The molecule has 1 saturated heterocycles. The van der Waals surface area contributed by atoms with Crippen LogP contribution in [0.5, 0.6) is 0 Å². The highest BCUT2D eigenvalue weighted by atomic mass is 35.5. The number of benzene rings is 3. The van der Waals surface area contributed by atoms with E-state index >= 15 is 0 Å². The van der Waals surface area contributed by atoms with Gasteiger partial charge in [0.05, 0.1) is 16.5 Å². The predicted molar refractivity (Wildman–Crippen MR) is 123 cm³/mol. The van der Waals surface area contributed by atoms with E-state index in [1.165, 1.54) is 18.2 Å². The maximum absolute atomic E-state index is 14.1. The lowest BCUT2D eigenvalue weighted by atomic mass is 9.90.